The normalized spacial score (nSPS) is 11.9. The quantitative estimate of drug-likeness (QED) is 0.617. The zero-order valence-corrected chi connectivity index (χ0v) is 10.4. The standard InChI is InChI=1S/C10H20F3N3O2/c1-18-6-5-16(4-2-3-14)7-9(17)15-8-10(11,12)13/h2-8,14H2,1H3,(H,15,17). The van der Waals surface area contributed by atoms with Crippen molar-refractivity contribution in [1.29, 1.82) is 0 Å². The average Bonchev–Trinajstić information content (AvgIpc) is 2.29. The van der Waals surface area contributed by atoms with Crippen molar-refractivity contribution in [1.82, 2.24) is 10.2 Å². The molecule has 0 saturated carbocycles. The highest BCUT2D eigenvalue weighted by Crippen LogP contribution is 2.11. The summed E-state index contributed by atoms with van der Waals surface area (Å²) in [6, 6.07) is 0. The maximum Gasteiger partial charge on any atom is 0.405 e. The first-order valence-electron chi connectivity index (χ1n) is 5.64. The molecular weight excluding hydrogens is 251 g/mol. The van der Waals surface area contributed by atoms with Crippen LogP contribution < -0.4 is 11.1 Å². The molecule has 0 atom stereocenters. The van der Waals surface area contributed by atoms with Gasteiger partial charge in [-0.05, 0) is 19.5 Å². The SMILES string of the molecule is COCCN(CCCN)CC(=O)NCC(F)(F)F. The minimum Gasteiger partial charge on any atom is -0.383 e. The minimum atomic E-state index is -4.38. The molecule has 3 N–H and O–H groups in total. The summed E-state index contributed by atoms with van der Waals surface area (Å²) in [5.74, 6) is -0.652. The van der Waals surface area contributed by atoms with Gasteiger partial charge < -0.3 is 15.8 Å². The van der Waals surface area contributed by atoms with E-state index in [0.29, 0.717) is 32.7 Å². The van der Waals surface area contributed by atoms with Crippen LogP contribution in [0.25, 0.3) is 0 Å². The van der Waals surface area contributed by atoms with Crippen molar-refractivity contribution in [3.8, 4) is 0 Å². The maximum absolute atomic E-state index is 11.9. The van der Waals surface area contributed by atoms with E-state index in [2.05, 4.69) is 0 Å². The Kier molecular flexibility index (Phi) is 8.69. The lowest BCUT2D eigenvalue weighted by atomic mass is 10.3. The Morgan fingerprint density at radius 2 is 2.06 bits per heavy atom. The van der Waals surface area contributed by atoms with Gasteiger partial charge in [-0.3, -0.25) is 9.69 Å². The predicted octanol–water partition coefficient (Wildman–Crippen LogP) is -0.0379. The summed E-state index contributed by atoms with van der Waals surface area (Å²) >= 11 is 0. The van der Waals surface area contributed by atoms with E-state index in [0.717, 1.165) is 0 Å². The van der Waals surface area contributed by atoms with Gasteiger partial charge in [0.1, 0.15) is 6.54 Å². The molecule has 0 aromatic heterocycles. The molecule has 0 aromatic carbocycles. The Balaban J connectivity index is 4.00. The molecule has 0 fully saturated rings. The van der Waals surface area contributed by atoms with Crippen LogP contribution in [0.5, 0.6) is 0 Å². The van der Waals surface area contributed by atoms with Crippen molar-refractivity contribution in [2.24, 2.45) is 5.73 Å². The fourth-order valence-corrected chi connectivity index (χ4v) is 1.26. The van der Waals surface area contributed by atoms with Crippen LogP contribution in [-0.4, -0.2) is 63.4 Å². The highest BCUT2D eigenvalue weighted by molar-refractivity contribution is 5.78. The first-order chi connectivity index (χ1) is 8.39. The van der Waals surface area contributed by atoms with Crippen LogP contribution in [0.2, 0.25) is 0 Å². The second-order valence-electron chi connectivity index (χ2n) is 3.80. The number of hydrogen-bond donors (Lipinski definition) is 2. The lowest BCUT2D eigenvalue weighted by molar-refractivity contribution is -0.139. The third-order valence-corrected chi connectivity index (χ3v) is 2.14. The van der Waals surface area contributed by atoms with E-state index in [9.17, 15) is 18.0 Å². The third-order valence-electron chi connectivity index (χ3n) is 2.14. The van der Waals surface area contributed by atoms with Crippen LogP contribution in [-0.2, 0) is 9.53 Å². The molecule has 108 valence electrons. The molecule has 0 radical (unpaired) electrons. The number of nitrogens with one attached hydrogen (secondary N) is 1. The van der Waals surface area contributed by atoms with Crippen LogP contribution >= 0.6 is 0 Å². The van der Waals surface area contributed by atoms with Gasteiger partial charge in [-0.25, -0.2) is 0 Å². The molecule has 0 aromatic rings. The number of ether oxygens (including phenoxy) is 1. The Hall–Kier alpha value is -0.860. The van der Waals surface area contributed by atoms with Crippen LogP contribution in [0.15, 0.2) is 0 Å². The molecule has 18 heavy (non-hydrogen) atoms. The molecule has 0 heterocycles. The second kappa shape index (κ2) is 9.12. The molecule has 0 saturated heterocycles. The highest BCUT2D eigenvalue weighted by atomic mass is 19.4. The lowest BCUT2D eigenvalue weighted by Gasteiger charge is -2.21. The Morgan fingerprint density at radius 3 is 2.56 bits per heavy atom. The number of carbonyl (C=O) groups is 1. The van der Waals surface area contributed by atoms with Gasteiger partial charge in [-0.2, -0.15) is 13.2 Å². The van der Waals surface area contributed by atoms with E-state index < -0.39 is 18.6 Å². The predicted molar refractivity (Wildman–Crippen MR) is 61.1 cm³/mol. The van der Waals surface area contributed by atoms with Crippen molar-refractivity contribution in [2.45, 2.75) is 12.6 Å². The molecule has 1 amide bonds. The monoisotopic (exact) mass is 271 g/mol. The molecule has 8 heteroatoms. The number of nitrogens with two attached hydrogens (primary N) is 1. The maximum atomic E-state index is 11.9. The van der Waals surface area contributed by atoms with E-state index in [-0.39, 0.29) is 6.54 Å². The van der Waals surface area contributed by atoms with Gasteiger partial charge >= 0.3 is 6.18 Å². The van der Waals surface area contributed by atoms with Crippen LogP contribution in [0.4, 0.5) is 13.2 Å². The summed E-state index contributed by atoms with van der Waals surface area (Å²) in [4.78, 5) is 13.0. The van der Waals surface area contributed by atoms with Gasteiger partial charge in [0.25, 0.3) is 0 Å². The Morgan fingerprint density at radius 1 is 1.39 bits per heavy atom. The van der Waals surface area contributed by atoms with Crippen LogP contribution in [0, 0.1) is 0 Å². The number of halogens is 3. The summed E-state index contributed by atoms with van der Waals surface area (Å²) in [5, 5.41) is 1.83. The van der Waals surface area contributed by atoms with Gasteiger partial charge in [-0.15, -0.1) is 0 Å². The highest BCUT2D eigenvalue weighted by Gasteiger charge is 2.27. The molecule has 0 bridgehead atoms. The number of alkyl halides is 3. The van der Waals surface area contributed by atoms with Gasteiger partial charge in [0.15, 0.2) is 0 Å². The second-order valence-corrected chi connectivity index (χ2v) is 3.80. The van der Waals surface area contributed by atoms with Gasteiger partial charge in [0, 0.05) is 13.7 Å². The van der Waals surface area contributed by atoms with Crippen LogP contribution in [0.1, 0.15) is 6.42 Å². The van der Waals surface area contributed by atoms with Crippen molar-refractivity contribution in [2.75, 3.05) is 46.4 Å². The van der Waals surface area contributed by atoms with E-state index >= 15 is 0 Å². The van der Waals surface area contributed by atoms with Crippen molar-refractivity contribution >= 4 is 5.91 Å². The van der Waals surface area contributed by atoms with Crippen molar-refractivity contribution in [3.05, 3.63) is 0 Å². The molecule has 0 aliphatic rings. The number of carbonyl (C=O) groups excluding carboxylic acids is 1. The molecule has 0 aliphatic heterocycles. The molecule has 0 unspecified atom stereocenters. The van der Waals surface area contributed by atoms with E-state index in [1.165, 1.54) is 7.11 Å². The Bertz CT molecular complexity index is 229. The lowest BCUT2D eigenvalue weighted by Crippen LogP contribution is -2.42. The minimum absolute atomic E-state index is 0.0839. The molecular formula is C10H20F3N3O2. The summed E-state index contributed by atoms with van der Waals surface area (Å²) in [7, 11) is 1.52. The first-order valence-corrected chi connectivity index (χ1v) is 5.64. The number of nitrogens with zero attached hydrogens (tertiary/aromatic N) is 1. The number of rotatable bonds is 9. The van der Waals surface area contributed by atoms with Crippen LogP contribution in [0.3, 0.4) is 0 Å². The topological polar surface area (TPSA) is 67.6 Å². The molecule has 0 rings (SSSR count). The van der Waals surface area contributed by atoms with E-state index in [1.54, 1.807) is 4.90 Å². The van der Waals surface area contributed by atoms with Gasteiger partial charge in [-0.1, -0.05) is 0 Å². The summed E-state index contributed by atoms with van der Waals surface area (Å²) < 4.78 is 40.5. The summed E-state index contributed by atoms with van der Waals surface area (Å²) in [5.41, 5.74) is 5.34. The fourth-order valence-electron chi connectivity index (χ4n) is 1.26. The third kappa shape index (κ3) is 10.3. The van der Waals surface area contributed by atoms with E-state index in [4.69, 9.17) is 10.5 Å². The van der Waals surface area contributed by atoms with Crippen molar-refractivity contribution in [3.63, 3.8) is 0 Å². The van der Waals surface area contributed by atoms with Gasteiger partial charge in [0.2, 0.25) is 5.91 Å². The molecule has 0 aliphatic carbocycles. The smallest absolute Gasteiger partial charge is 0.383 e. The molecule has 5 nitrogen and oxygen atoms in total. The zero-order chi connectivity index (χ0) is 14.0. The van der Waals surface area contributed by atoms with Crippen molar-refractivity contribution < 1.29 is 22.7 Å². The number of methoxy groups -OCH3 is 1. The molecule has 0 spiro atoms. The Labute approximate surface area is 104 Å². The largest absolute Gasteiger partial charge is 0.405 e. The number of amides is 1. The van der Waals surface area contributed by atoms with E-state index in [1.807, 2.05) is 5.32 Å². The fraction of sp³-hybridized carbons (Fsp3) is 0.900. The first kappa shape index (κ1) is 17.1. The summed E-state index contributed by atoms with van der Waals surface area (Å²) in [6.07, 6.45) is -3.71. The summed E-state index contributed by atoms with van der Waals surface area (Å²) in [6.45, 7) is 0.528. The zero-order valence-electron chi connectivity index (χ0n) is 10.4. The number of hydrogen-bond acceptors (Lipinski definition) is 4. The average molecular weight is 271 g/mol. The van der Waals surface area contributed by atoms with Gasteiger partial charge in [0.05, 0.1) is 13.2 Å².